The number of fused-ring (bicyclic) bond motifs is 1. The summed E-state index contributed by atoms with van der Waals surface area (Å²) in [6, 6.07) is 0. The lowest BCUT2D eigenvalue weighted by Gasteiger charge is -2.02. The van der Waals surface area contributed by atoms with Crippen molar-refractivity contribution < 1.29 is 4.74 Å². The van der Waals surface area contributed by atoms with Crippen LogP contribution >= 0.6 is 0 Å². The summed E-state index contributed by atoms with van der Waals surface area (Å²) in [5, 5.41) is 0. The van der Waals surface area contributed by atoms with Gasteiger partial charge in [-0.1, -0.05) is 0 Å². The third-order valence-electron chi connectivity index (χ3n) is 2.32. The Morgan fingerprint density at radius 2 is 1.65 bits per heavy atom. The van der Waals surface area contributed by atoms with Crippen LogP contribution in [-0.2, 0) is 25.9 Å². The second-order valence-electron chi connectivity index (χ2n) is 3.64. The van der Waals surface area contributed by atoms with Gasteiger partial charge in [0.25, 0.3) is 5.56 Å². The molecule has 0 aliphatic rings. The van der Waals surface area contributed by atoms with Crippen LogP contribution in [0.1, 0.15) is 0 Å². The molecule has 2 aromatic rings. The molecule has 17 heavy (non-hydrogen) atoms. The van der Waals surface area contributed by atoms with Crippen molar-refractivity contribution in [2.24, 2.45) is 21.1 Å². The minimum absolute atomic E-state index is 0.317. The molecule has 94 valence electrons. The molecule has 0 N–H and O–H groups in total. The lowest BCUT2D eigenvalue weighted by atomic mass is 10.5. The van der Waals surface area contributed by atoms with Gasteiger partial charge in [0.05, 0.1) is 6.33 Å². The predicted molar refractivity (Wildman–Crippen MR) is 64.1 cm³/mol. The Morgan fingerprint density at radius 3 is 2.18 bits per heavy atom. The highest BCUT2D eigenvalue weighted by molar-refractivity contribution is 5.69. The molecule has 0 radical (unpaired) electrons. The smallest absolute Gasteiger partial charge is 0.332 e. The van der Waals surface area contributed by atoms with E-state index in [1.165, 1.54) is 17.9 Å². The number of hydrogen-bond acceptors (Lipinski definition) is 4. The van der Waals surface area contributed by atoms with Gasteiger partial charge < -0.3 is 9.30 Å². The minimum Gasteiger partial charge on any atom is -0.388 e. The summed E-state index contributed by atoms with van der Waals surface area (Å²) in [5.74, 6) is 0. The summed E-state index contributed by atoms with van der Waals surface area (Å²) >= 11 is 0. The van der Waals surface area contributed by atoms with E-state index in [-0.39, 0.29) is 11.2 Å². The first-order valence-corrected chi connectivity index (χ1v) is 4.92. The van der Waals surface area contributed by atoms with Crippen LogP contribution in [0.3, 0.4) is 0 Å². The topological polar surface area (TPSA) is 71.1 Å². The summed E-state index contributed by atoms with van der Waals surface area (Å²) in [4.78, 5) is 27.2. The first-order valence-electron chi connectivity index (χ1n) is 4.92. The highest BCUT2D eigenvalue weighted by Crippen LogP contribution is 2.01. The van der Waals surface area contributed by atoms with Crippen molar-refractivity contribution >= 4 is 11.2 Å². The first kappa shape index (κ1) is 13.2. The molecule has 0 aliphatic carbocycles. The molecule has 7 heteroatoms. The van der Waals surface area contributed by atoms with Crippen molar-refractivity contribution in [3.05, 3.63) is 27.2 Å². The normalized spacial score (nSPS) is 10.2. The number of hydrogen-bond donors (Lipinski definition) is 0. The van der Waals surface area contributed by atoms with Crippen LogP contribution in [0.5, 0.6) is 0 Å². The summed E-state index contributed by atoms with van der Waals surface area (Å²) in [7, 11) is 8.02. The quantitative estimate of drug-likeness (QED) is 0.606. The maximum Gasteiger partial charge on any atom is 0.332 e. The maximum atomic E-state index is 11.7. The Morgan fingerprint density at radius 1 is 1.12 bits per heavy atom. The summed E-state index contributed by atoms with van der Waals surface area (Å²) in [6.45, 7) is 0. The van der Waals surface area contributed by atoms with Crippen LogP contribution in [0.25, 0.3) is 11.2 Å². The zero-order valence-electron chi connectivity index (χ0n) is 10.6. The molecule has 0 unspecified atom stereocenters. The minimum atomic E-state index is -0.360. The number of rotatable bonds is 0. The number of nitrogens with zero attached hydrogens (tertiary/aromatic N) is 4. The average Bonchev–Trinajstić information content (AvgIpc) is 2.67. The highest BCUT2D eigenvalue weighted by atomic mass is 16.4. The fraction of sp³-hybridized carbons (Fsp3) is 0.500. The first-order chi connectivity index (χ1) is 7.95. The summed E-state index contributed by atoms with van der Waals surface area (Å²) < 4.78 is 8.29. The third kappa shape index (κ3) is 2.14. The lowest BCUT2D eigenvalue weighted by molar-refractivity contribution is 0.277. The Balaban J connectivity index is 0.000000437. The molecule has 0 saturated carbocycles. The number of aromatic nitrogens is 4. The molecule has 7 nitrogen and oxygen atoms in total. The average molecular weight is 240 g/mol. The van der Waals surface area contributed by atoms with E-state index in [9.17, 15) is 9.59 Å². The molecule has 0 saturated heterocycles. The van der Waals surface area contributed by atoms with E-state index in [1.807, 2.05) is 0 Å². The van der Waals surface area contributed by atoms with Gasteiger partial charge in [0, 0.05) is 35.4 Å². The van der Waals surface area contributed by atoms with Gasteiger partial charge in [-0.3, -0.25) is 13.9 Å². The molecule has 2 aromatic heterocycles. The van der Waals surface area contributed by atoms with Gasteiger partial charge >= 0.3 is 5.69 Å². The molecule has 0 aliphatic heterocycles. The van der Waals surface area contributed by atoms with E-state index in [4.69, 9.17) is 0 Å². The van der Waals surface area contributed by atoms with Crippen molar-refractivity contribution in [1.82, 2.24) is 18.7 Å². The fourth-order valence-corrected chi connectivity index (χ4v) is 1.47. The van der Waals surface area contributed by atoms with E-state index in [0.29, 0.717) is 11.2 Å². The molecule has 0 aromatic carbocycles. The number of aryl methyl sites for hydroxylation is 2. The van der Waals surface area contributed by atoms with Crippen LogP contribution < -0.4 is 11.2 Å². The molecule has 0 spiro atoms. The maximum absolute atomic E-state index is 11.7. The monoisotopic (exact) mass is 240 g/mol. The fourth-order valence-electron chi connectivity index (χ4n) is 1.47. The molecule has 2 heterocycles. The van der Waals surface area contributed by atoms with Crippen molar-refractivity contribution in [2.75, 3.05) is 14.2 Å². The van der Waals surface area contributed by atoms with Crippen LogP contribution in [-0.4, -0.2) is 32.9 Å². The largest absolute Gasteiger partial charge is 0.388 e. The Kier molecular flexibility index (Phi) is 3.84. The van der Waals surface area contributed by atoms with Crippen LogP contribution in [0, 0.1) is 0 Å². The van der Waals surface area contributed by atoms with Gasteiger partial charge in [0.15, 0.2) is 11.2 Å². The molecular weight excluding hydrogens is 224 g/mol. The zero-order valence-corrected chi connectivity index (χ0v) is 10.6. The molecular formula is C10H16N4O3. The van der Waals surface area contributed by atoms with Crippen LogP contribution in [0.15, 0.2) is 15.9 Å². The molecule has 0 fully saturated rings. The predicted octanol–water partition coefficient (Wildman–Crippen LogP) is -0.767. The third-order valence-corrected chi connectivity index (χ3v) is 2.32. The Hall–Kier alpha value is -1.89. The summed E-state index contributed by atoms with van der Waals surface area (Å²) in [6.07, 6.45) is 1.52. The van der Waals surface area contributed by atoms with E-state index in [1.54, 1.807) is 32.9 Å². The second-order valence-corrected chi connectivity index (χ2v) is 3.64. The molecule has 2 rings (SSSR count). The lowest BCUT2D eigenvalue weighted by Crippen LogP contribution is -2.37. The van der Waals surface area contributed by atoms with Gasteiger partial charge in [-0.05, 0) is 0 Å². The van der Waals surface area contributed by atoms with Gasteiger partial charge in [-0.15, -0.1) is 0 Å². The van der Waals surface area contributed by atoms with Crippen LogP contribution in [0.2, 0.25) is 0 Å². The van der Waals surface area contributed by atoms with E-state index in [0.717, 1.165) is 4.57 Å². The van der Waals surface area contributed by atoms with Gasteiger partial charge in [0.1, 0.15) is 0 Å². The zero-order chi connectivity index (χ0) is 13.2. The standard InChI is InChI=1S/C8H10N4O2.C2H6O/c1-10-4-9-6-5(10)7(13)12(3)8(14)11(6)2;1-3-2/h4H,1-3H3;1-2H3. The SMILES string of the molecule is COC.Cn1c(=O)c2c(ncn2C)n(C)c1=O. The van der Waals surface area contributed by atoms with Crippen molar-refractivity contribution in [1.29, 1.82) is 0 Å². The summed E-state index contributed by atoms with van der Waals surface area (Å²) in [5.41, 5.74) is 0.180. The van der Waals surface area contributed by atoms with E-state index in [2.05, 4.69) is 9.72 Å². The van der Waals surface area contributed by atoms with Crippen molar-refractivity contribution in [3.8, 4) is 0 Å². The molecule has 0 bridgehead atoms. The van der Waals surface area contributed by atoms with Gasteiger partial charge in [-0.25, -0.2) is 9.78 Å². The van der Waals surface area contributed by atoms with Crippen molar-refractivity contribution in [2.45, 2.75) is 0 Å². The molecule has 0 atom stereocenters. The second kappa shape index (κ2) is 4.96. The van der Waals surface area contributed by atoms with Gasteiger partial charge in [0.2, 0.25) is 0 Å². The highest BCUT2D eigenvalue weighted by Gasteiger charge is 2.11. The number of ether oxygens (including phenoxy) is 1. The number of imidazole rings is 1. The van der Waals surface area contributed by atoms with Crippen LogP contribution in [0.4, 0.5) is 0 Å². The molecule has 0 amide bonds. The Labute approximate surface area is 97.9 Å². The van der Waals surface area contributed by atoms with E-state index >= 15 is 0 Å². The van der Waals surface area contributed by atoms with Gasteiger partial charge in [-0.2, -0.15) is 0 Å². The van der Waals surface area contributed by atoms with E-state index < -0.39 is 0 Å². The number of methoxy groups -OCH3 is 1. The van der Waals surface area contributed by atoms with Crippen molar-refractivity contribution in [3.63, 3.8) is 0 Å². The Bertz CT molecular complexity index is 635.